The van der Waals surface area contributed by atoms with Crippen LogP contribution >= 0.6 is 0 Å². The van der Waals surface area contributed by atoms with Crippen LogP contribution in [0.1, 0.15) is 56.2 Å². The van der Waals surface area contributed by atoms with E-state index in [9.17, 15) is 0 Å². The number of aromatic nitrogens is 3. The third-order valence-corrected chi connectivity index (χ3v) is 6.18. The molecule has 0 aromatic carbocycles. The molecule has 3 heterocycles. The van der Waals surface area contributed by atoms with Crippen molar-refractivity contribution in [2.24, 2.45) is 0 Å². The van der Waals surface area contributed by atoms with Crippen molar-refractivity contribution >= 4 is 5.82 Å². The highest BCUT2D eigenvalue weighted by Crippen LogP contribution is 2.41. The Morgan fingerprint density at radius 1 is 1.08 bits per heavy atom. The van der Waals surface area contributed by atoms with Crippen LogP contribution in [0.2, 0.25) is 0 Å². The predicted molar refractivity (Wildman–Crippen MR) is 101 cm³/mol. The van der Waals surface area contributed by atoms with Gasteiger partial charge in [0.05, 0.1) is 5.60 Å². The monoisotopic (exact) mass is 350 g/mol. The molecule has 1 saturated heterocycles. The molecule has 2 fully saturated rings. The molecule has 1 saturated carbocycles. The van der Waals surface area contributed by atoms with Crippen LogP contribution in [0.15, 0.2) is 24.4 Å². The van der Waals surface area contributed by atoms with Gasteiger partial charge in [0.1, 0.15) is 11.5 Å². The van der Waals surface area contributed by atoms with Gasteiger partial charge >= 0.3 is 0 Å². The number of hydrogen-bond donors (Lipinski definition) is 1. The lowest BCUT2D eigenvalue weighted by molar-refractivity contribution is -0.0767. The molecule has 5 heteroatoms. The van der Waals surface area contributed by atoms with Gasteiger partial charge < -0.3 is 10.1 Å². The van der Waals surface area contributed by atoms with Gasteiger partial charge in [-0.05, 0) is 57.1 Å². The van der Waals surface area contributed by atoms with Crippen LogP contribution in [-0.2, 0) is 17.6 Å². The number of rotatable bonds is 3. The second kappa shape index (κ2) is 6.62. The van der Waals surface area contributed by atoms with Crippen LogP contribution in [0.5, 0.6) is 0 Å². The van der Waals surface area contributed by atoms with Crippen molar-refractivity contribution < 1.29 is 4.74 Å². The normalized spacial score (nSPS) is 23.9. The van der Waals surface area contributed by atoms with Gasteiger partial charge in [-0.15, -0.1) is 0 Å². The van der Waals surface area contributed by atoms with Crippen molar-refractivity contribution in [3.63, 3.8) is 0 Å². The molecule has 1 aliphatic heterocycles. The number of nitrogens with one attached hydrogen (secondary N) is 1. The summed E-state index contributed by atoms with van der Waals surface area (Å²) in [6, 6.07) is 6.36. The molecule has 2 aromatic heterocycles. The quantitative estimate of drug-likeness (QED) is 0.909. The molecule has 1 atom stereocenters. The van der Waals surface area contributed by atoms with Crippen LogP contribution in [0.3, 0.4) is 0 Å². The van der Waals surface area contributed by atoms with E-state index >= 15 is 0 Å². The van der Waals surface area contributed by atoms with E-state index in [4.69, 9.17) is 14.7 Å². The highest BCUT2D eigenvalue weighted by Gasteiger charge is 2.40. The van der Waals surface area contributed by atoms with E-state index in [1.807, 2.05) is 18.2 Å². The lowest BCUT2D eigenvalue weighted by atomic mass is 9.89. The molecule has 5 rings (SSSR count). The number of pyridine rings is 1. The van der Waals surface area contributed by atoms with E-state index < -0.39 is 0 Å². The highest BCUT2D eigenvalue weighted by atomic mass is 16.5. The van der Waals surface area contributed by atoms with Crippen molar-refractivity contribution in [3.8, 4) is 11.5 Å². The number of anilines is 1. The first-order valence-electron chi connectivity index (χ1n) is 10.0. The maximum atomic E-state index is 6.20. The predicted octanol–water partition coefficient (Wildman–Crippen LogP) is 3.93. The Labute approximate surface area is 154 Å². The lowest BCUT2D eigenvalue weighted by Gasteiger charge is -2.39. The summed E-state index contributed by atoms with van der Waals surface area (Å²) in [5.41, 5.74) is 3.49. The Bertz CT molecular complexity index is 786. The zero-order chi connectivity index (χ0) is 17.4. The molecule has 5 nitrogen and oxygen atoms in total. The van der Waals surface area contributed by atoms with Gasteiger partial charge in [-0.2, -0.15) is 0 Å². The fraction of sp³-hybridized carbons (Fsp3) is 0.571. The minimum Gasteiger partial charge on any atom is -0.375 e. The Kier molecular flexibility index (Phi) is 4.12. The summed E-state index contributed by atoms with van der Waals surface area (Å²) in [6.07, 6.45) is 12.3. The lowest BCUT2D eigenvalue weighted by Crippen LogP contribution is -2.42. The molecule has 26 heavy (non-hydrogen) atoms. The van der Waals surface area contributed by atoms with Crippen LogP contribution in [0, 0.1) is 0 Å². The van der Waals surface area contributed by atoms with Crippen molar-refractivity contribution in [2.45, 2.75) is 69.4 Å². The molecule has 136 valence electrons. The maximum Gasteiger partial charge on any atom is 0.180 e. The van der Waals surface area contributed by atoms with Gasteiger partial charge in [-0.1, -0.05) is 18.9 Å². The van der Waals surface area contributed by atoms with Gasteiger partial charge in [-0.3, -0.25) is 4.98 Å². The standard InChI is InChI=1S/C21H26N4O/c1-4-12-22-18(7-1)20-24-17-8-5-6-16(17)19(25-20)23-15-9-13-26-21(14-15)10-2-3-11-21/h1,4,7,12,15H,2-3,5-6,8-11,13-14H2,(H,23,24,25). The highest BCUT2D eigenvalue weighted by molar-refractivity contribution is 5.58. The Morgan fingerprint density at radius 2 is 2.00 bits per heavy atom. The third kappa shape index (κ3) is 2.98. The molecular formula is C21H26N4O. The number of nitrogens with zero attached hydrogens (tertiary/aromatic N) is 3. The summed E-state index contributed by atoms with van der Waals surface area (Å²) in [6.45, 7) is 0.859. The second-order valence-electron chi connectivity index (χ2n) is 7.96. The molecule has 2 aromatic rings. The van der Waals surface area contributed by atoms with Crippen LogP contribution in [0.25, 0.3) is 11.5 Å². The van der Waals surface area contributed by atoms with Gasteiger partial charge in [0, 0.05) is 30.1 Å². The molecule has 1 N–H and O–H groups in total. The minimum atomic E-state index is 0.121. The first-order chi connectivity index (χ1) is 12.8. The fourth-order valence-electron chi connectivity index (χ4n) is 4.87. The van der Waals surface area contributed by atoms with Crippen molar-refractivity contribution in [3.05, 3.63) is 35.7 Å². The van der Waals surface area contributed by atoms with E-state index in [-0.39, 0.29) is 5.60 Å². The molecular weight excluding hydrogens is 324 g/mol. The van der Waals surface area contributed by atoms with E-state index in [0.717, 1.165) is 49.6 Å². The molecule has 3 aliphatic rings. The topological polar surface area (TPSA) is 59.9 Å². The first kappa shape index (κ1) is 16.2. The zero-order valence-corrected chi connectivity index (χ0v) is 15.2. The number of aryl methyl sites for hydroxylation is 1. The molecule has 0 bridgehead atoms. The number of hydrogen-bond acceptors (Lipinski definition) is 5. The summed E-state index contributed by atoms with van der Waals surface area (Å²) in [7, 11) is 0. The van der Waals surface area contributed by atoms with Gasteiger partial charge in [-0.25, -0.2) is 9.97 Å². The van der Waals surface area contributed by atoms with Crippen LogP contribution in [-0.4, -0.2) is 33.2 Å². The summed E-state index contributed by atoms with van der Waals surface area (Å²) < 4.78 is 6.20. The number of fused-ring (bicyclic) bond motifs is 1. The Morgan fingerprint density at radius 3 is 2.85 bits per heavy atom. The third-order valence-electron chi connectivity index (χ3n) is 6.18. The van der Waals surface area contributed by atoms with Crippen LogP contribution in [0.4, 0.5) is 5.82 Å². The summed E-state index contributed by atoms with van der Waals surface area (Å²) in [5, 5.41) is 3.78. The fourth-order valence-corrected chi connectivity index (χ4v) is 4.87. The number of ether oxygens (including phenoxy) is 1. The second-order valence-corrected chi connectivity index (χ2v) is 7.96. The average molecular weight is 350 g/mol. The van der Waals surface area contributed by atoms with Crippen molar-refractivity contribution in [1.82, 2.24) is 15.0 Å². The maximum absolute atomic E-state index is 6.20. The van der Waals surface area contributed by atoms with Crippen molar-refractivity contribution in [1.29, 1.82) is 0 Å². The van der Waals surface area contributed by atoms with E-state index in [1.54, 1.807) is 6.20 Å². The SMILES string of the molecule is c1ccc(-c2nc3c(c(NC4CCOC5(CCCC5)C4)n2)CCC3)nc1. The van der Waals surface area contributed by atoms with Gasteiger partial charge in [0.25, 0.3) is 0 Å². The van der Waals surface area contributed by atoms with E-state index in [2.05, 4.69) is 10.3 Å². The van der Waals surface area contributed by atoms with Crippen molar-refractivity contribution in [2.75, 3.05) is 11.9 Å². The van der Waals surface area contributed by atoms with Gasteiger partial charge in [0.2, 0.25) is 0 Å². The van der Waals surface area contributed by atoms with Gasteiger partial charge in [0.15, 0.2) is 5.82 Å². The average Bonchev–Trinajstić information content (AvgIpc) is 3.32. The Balaban J connectivity index is 1.44. The zero-order valence-electron chi connectivity index (χ0n) is 15.2. The van der Waals surface area contributed by atoms with Crippen LogP contribution < -0.4 is 5.32 Å². The van der Waals surface area contributed by atoms with E-state index in [1.165, 1.54) is 43.4 Å². The Hall–Kier alpha value is -2.01. The minimum absolute atomic E-state index is 0.121. The summed E-state index contributed by atoms with van der Waals surface area (Å²) in [5.74, 6) is 1.78. The molecule has 0 radical (unpaired) electrons. The largest absolute Gasteiger partial charge is 0.375 e. The smallest absolute Gasteiger partial charge is 0.180 e. The summed E-state index contributed by atoms with van der Waals surface area (Å²) >= 11 is 0. The molecule has 1 unspecified atom stereocenters. The first-order valence-corrected chi connectivity index (χ1v) is 10.0. The summed E-state index contributed by atoms with van der Waals surface area (Å²) in [4.78, 5) is 14.2. The molecule has 0 amide bonds. The van der Waals surface area contributed by atoms with E-state index in [0.29, 0.717) is 6.04 Å². The molecule has 2 aliphatic carbocycles. The molecule has 1 spiro atoms.